The highest BCUT2D eigenvalue weighted by Crippen LogP contribution is 2.27. The normalized spacial score (nSPS) is 10.2. The van der Waals surface area contributed by atoms with E-state index >= 15 is 0 Å². The average molecular weight is 267 g/mol. The Morgan fingerprint density at radius 3 is 3.06 bits per heavy atom. The monoisotopic (exact) mass is 266 g/mol. The lowest BCUT2D eigenvalue weighted by atomic mass is 10.1. The molecule has 0 amide bonds. The van der Waals surface area contributed by atoms with Crippen molar-refractivity contribution < 1.29 is 4.39 Å². The van der Waals surface area contributed by atoms with Crippen LogP contribution in [0.4, 0.5) is 4.39 Å². The standard InChI is InChI=1S/C12H8ClFN2S/c13-8-3-4-10(14)9(6-8)11-7-17-12(16-11)2-1-5-15/h3-4,6-7H,1-2H2. The molecule has 0 saturated carbocycles. The van der Waals surface area contributed by atoms with Crippen molar-refractivity contribution in [2.45, 2.75) is 12.8 Å². The van der Waals surface area contributed by atoms with E-state index < -0.39 is 0 Å². The summed E-state index contributed by atoms with van der Waals surface area (Å²) in [6.07, 6.45) is 1.02. The first-order chi connectivity index (χ1) is 8.20. The van der Waals surface area contributed by atoms with Crippen LogP contribution in [-0.4, -0.2) is 4.98 Å². The zero-order valence-corrected chi connectivity index (χ0v) is 10.4. The summed E-state index contributed by atoms with van der Waals surface area (Å²) >= 11 is 7.25. The first-order valence-corrected chi connectivity index (χ1v) is 6.23. The molecule has 2 nitrogen and oxygen atoms in total. The fourth-order valence-electron chi connectivity index (χ4n) is 1.41. The number of rotatable bonds is 3. The number of benzene rings is 1. The van der Waals surface area contributed by atoms with E-state index in [4.69, 9.17) is 16.9 Å². The molecule has 0 fully saturated rings. The Bertz CT molecular complexity index is 574. The molecule has 0 aliphatic carbocycles. The molecule has 0 atom stereocenters. The number of hydrogen-bond donors (Lipinski definition) is 0. The van der Waals surface area contributed by atoms with Gasteiger partial charge < -0.3 is 0 Å². The predicted octanol–water partition coefficient (Wildman–Crippen LogP) is 4.06. The Hall–Kier alpha value is -1.44. The van der Waals surface area contributed by atoms with E-state index in [0.717, 1.165) is 5.01 Å². The summed E-state index contributed by atoms with van der Waals surface area (Å²) in [7, 11) is 0. The minimum absolute atomic E-state index is 0.341. The molecule has 86 valence electrons. The summed E-state index contributed by atoms with van der Waals surface area (Å²) < 4.78 is 13.6. The van der Waals surface area contributed by atoms with Gasteiger partial charge in [0, 0.05) is 28.8 Å². The van der Waals surface area contributed by atoms with Gasteiger partial charge in [-0.25, -0.2) is 9.37 Å². The number of halogens is 2. The van der Waals surface area contributed by atoms with Crippen LogP contribution in [0.15, 0.2) is 23.6 Å². The molecule has 0 N–H and O–H groups in total. The van der Waals surface area contributed by atoms with Crippen LogP contribution in [-0.2, 0) is 6.42 Å². The molecule has 0 bridgehead atoms. The Kier molecular flexibility index (Phi) is 3.72. The van der Waals surface area contributed by atoms with Gasteiger partial charge in [-0.05, 0) is 18.2 Å². The number of aryl methyl sites for hydroxylation is 1. The number of nitriles is 1. The molecule has 0 spiro atoms. The molecule has 2 rings (SSSR count). The second-order valence-corrected chi connectivity index (χ2v) is 4.79. The molecule has 17 heavy (non-hydrogen) atoms. The van der Waals surface area contributed by atoms with E-state index in [1.54, 1.807) is 11.4 Å². The van der Waals surface area contributed by atoms with Crippen LogP contribution in [0, 0.1) is 17.1 Å². The third-order valence-electron chi connectivity index (χ3n) is 2.21. The highest BCUT2D eigenvalue weighted by molar-refractivity contribution is 7.09. The lowest BCUT2D eigenvalue weighted by Crippen LogP contribution is -1.86. The molecular formula is C12H8ClFN2S. The lowest BCUT2D eigenvalue weighted by molar-refractivity contribution is 0.631. The summed E-state index contributed by atoms with van der Waals surface area (Å²) in [4.78, 5) is 4.29. The van der Waals surface area contributed by atoms with Crippen molar-refractivity contribution in [2.24, 2.45) is 0 Å². The molecule has 0 aliphatic rings. The van der Waals surface area contributed by atoms with E-state index in [1.165, 1.54) is 23.5 Å². The second kappa shape index (κ2) is 5.26. The minimum atomic E-state index is -0.341. The molecule has 1 aromatic heterocycles. The summed E-state index contributed by atoms with van der Waals surface area (Å²) in [5.74, 6) is -0.341. The Morgan fingerprint density at radius 2 is 2.29 bits per heavy atom. The fraction of sp³-hybridized carbons (Fsp3) is 0.167. The molecule has 0 unspecified atom stereocenters. The second-order valence-electron chi connectivity index (χ2n) is 3.41. The highest BCUT2D eigenvalue weighted by Gasteiger charge is 2.09. The summed E-state index contributed by atoms with van der Waals surface area (Å²) in [6, 6.07) is 6.44. The van der Waals surface area contributed by atoms with Gasteiger partial charge in [-0.15, -0.1) is 11.3 Å². The first-order valence-electron chi connectivity index (χ1n) is 4.97. The maximum atomic E-state index is 13.6. The average Bonchev–Trinajstić information content (AvgIpc) is 2.78. The van der Waals surface area contributed by atoms with E-state index in [9.17, 15) is 4.39 Å². The van der Waals surface area contributed by atoms with E-state index in [0.29, 0.717) is 29.1 Å². The minimum Gasteiger partial charge on any atom is -0.241 e. The Morgan fingerprint density at radius 1 is 1.47 bits per heavy atom. The van der Waals surface area contributed by atoms with Crippen molar-refractivity contribution in [3.05, 3.63) is 39.4 Å². The summed E-state index contributed by atoms with van der Waals surface area (Å²) in [5.41, 5.74) is 0.972. The predicted molar refractivity (Wildman–Crippen MR) is 66.5 cm³/mol. The van der Waals surface area contributed by atoms with Crippen molar-refractivity contribution in [3.8, 4) is 17.3 Å². The van der Waals surface area contributed by atoms with Gasteiger partial charge in [0.1, 0.15) is 5.82 Å². The highest BCUT2D eigenvalue weighted by atomic mass is 35.5. The quantitative estimate of drug-likeness (QED) is 0.840. The third kappa shape index (κ3) is 2.82. The van der Waals surface area contributed by atoms with Crippen molar-refractivity contribution in [1.82, 2.24) is 4.98 Å². The topological polar surface area (TPSA) is 36.7 Å². The van der Waals surface area contributed by atoms with Crippen LogP contribution in [0.5, 0.6) is 0 Å². The smallest absolute Gasteiger partial charge is 0.132 e. The van der Waals surface area contributed by atoms with Crippen LogP contribution in [0.1, 0.15) is 11.4 Å². The molecule has 1 heterocycles. The zero-order valence-electron chi connectivity index (χ0n) is 8.78. The molecule has 2 aromatic rings. The molecular weight excluding hydrogens is 259 g/mol. The van der Waals surface area contributed by atoms with Crippen molar-refractivity contribution in [1.29, 1.82) is 5.26 Å². The third-order valence-corrected chi connectivity index (χ3v) is 3.35. The van der Waals surface area contributed by atoms with Gasteiger partial charge >= 0.3 is 0 Å². The van der Waals surface area contributed by atoms with Gasteiger partial charge in [-0.3, -0.25) is 0 Å². The molecule has 1 aromatic carbocycles. The molecule has 0 saturated heterocycles. The van der Waals surface area contributed by atoms with Crippen LogP contribution in [0.25, 0.3) is 11.3 Å². The SMILES string of the molecule is N#CCCc1nc(-c2cc(Cl)ccc2F)cs1. The molecule has 0 aliphatic heterocycles. The molecule has 5 heteroatoms. The lowest BCUT2D eigenvalue weighted by Gasteiger charge is -1.99. The Balaban J connectivity index is 2.30. The number of aromatic nitrogens is 1. The van der Waals surface area contributed by atoms with E-state index in [2.05, 4.69) is 11.1 Å². The van der Waals surface area contributed by atoms with Gasteiger partial charge in [-0.2, -0.15) is 5.26 Å². The van der Waals surface area contributed by atoms with Gasteiger partial charge in [0.2, 0.25) is 0 Å². The Labute approximate surface area is 107 Å². The zero-order chi connectivity index (χ0) is 12.3. The van der Waals surface area contributed by atoms with Gasteiger partial charge in [0.25, 0.3) is 0 Å². The van der Waals surface area contributed by atoms with Crippen molar-refractivity contribution in [2.75, 3.05) is 0 Å². The summed E-state index contributed by atoms with van der Waals surface area (Å²) in [5, 5.41) is 11.6. The number of thiazole rings is 1. The van der Waals surface area contributed by atoms with Crippen LogP contribution < -0.4 is 0 Å². The summed E-state index contributed by atoms with van der Waals surface area (Å²) in [6.45, 7) is 0. The van der Waals surface area contributed by atoms with Gasteiger partial charge in [-0.1, -0.05) is 11.6 Å². The number of hydrogen-bond acceptors (Lipinski definition) is 3. The van der Waals surface area contributed by atoms with Crippen molar-refractivity contribution in [3.63, 3.8) is 0 Å². The van der Waals surface area contributed by atoms with Crippen LogP contribution in [0.2, 0.25) is 5.02 Å². The fourth-order valence-corrected chi connectivity index (χ4v) is 2.38. The van der Waals surface area contributed by atoms with Gasteiger partial charge in [0.15, 0.2) is 0 Å². The maximum Gasteiger partial charge on any atom is 0.132 e. The van der Waals surface area contributed by atoms with Crippen molar-refractivity contribution >= 4 is 22.9 Å². The maximum absolute atomic E-state index is 13.6. The van der Waals surface area contributed by atoms with Gasteiger partial charge in [0.05, 0.1) is 16.8 Å². The van der Waals surface area contributed by atoms with E-state index in [1.807, 2.05) is 0 Å². The first kappa shape index (κ1) is 12.0. The van der Waals surface area contributed by atoms with Crippen LogP contribution in [0.3, 0.4) is 0 Å². The van der Waals surface area contributed by atoms with E-state index in [-0.39, 0.29) is 5.82 Å². The largest absolute Gasteiger partial charge is 0.241 e. The van der Waals surface area contributed by atoms with Crippen LogP contribution >= 0.6 is 22.9 Å². The number of nitrogens with zero attached hydrogens (tertiary/aromatic N) is 2. The molecule has 0 radical (unpaired) electrons.